The second-order valence-electron chi connectivity index (χ2n) is 7.09. The van der Waals surface area contributed by atoms with Gasteiger partial charge in [0.1, 0.15) is 0 Å². The number of para-hydroxylation sites is 1. The fraction of sp³-hybridized carbons (Fsp3) is 0.273. The summed E-state index contributed by atoms with van der Waals surface area (Å²) in [5.41, 5.74) is 5.47. The Hall–Kier alpha value is -2.88. The Balaban J connectivity index is 1.31. The first-order chi connectivity index (χ1) is 12.6. The van der Waals surface area contributed by atoms with Gasteiger partial charge in [0.15, 0.2) is 5.78 Å². The van der Waals surface area contributed by atoms with Crippen LogP contribution in [0.3, 0.4) is 0 Å². The first-order valence-corrected chi connectivity index (χ1v) is 9.08. The number of carbonyl (C=O) groups excluding carboxylic acids is 2. The molecular formula is C22H22N2O2. The minimum absolute atomic E-state index is 0.0165. The smallest absolute Gasteiger partial charge is 0.220 e. The van der Waals surface area contributed by atoms with Crippen LogP contribution in [0.1, 0.15) is 40.0 Å². The van der Waals surface area contributed by atoms with Gasteiger partial charge in [-0.25, -0.2) is 0 Å². The standard InChI is InChI=1S/C22H22N2O2/c1-14-6-8-15(9-7-14)21(25)10-11-22(26)23-16-12-18-17-4-2-3-5-19(17)24-20(18)13-16/h2-9,16,24H,10-13H2,1H3,(H,23,26). The predicted molar refractivity (Wildman–Crippen MR) is 102 cm³/mol. The van der Waals surface area contributed by atoms with Gasteiger partial charge in [-0.15, -0.1) is 0 Å². The van der Waals surface area contributed by atoms with Crippen molar-refractivity contribution in [2.24, 2.45) is 0 Å². The SMILES string of the molecule is Cc1ccc(C(=O)CCC(=O)NC2Cc3[nH]c4ccccc4c3C2)cc1. The Morgan fingerprint density at radius 1 is 1.04 bits per heavy atom. The number of nitrogens with one attached hydrogen (secondary N) is 2. The van der Waals surface area contributed by atoms with Gasteiger partial charge in [0, 0.05) is 47.5 Å². The molecule has 0 spiro atoms. The number of hydrogen-bond donors (Lipinski definition) is 2. The number of aryl methyl sites for hydroxylation is 1. The Labute approximate surface area is 152 Å². The van der Waals surface area contributed by atoms with E-state index in [1.54, 1.807) is 0 Å². The van der Waals surface area contributed by atoms with Gasteiger partial charge in [0.25, 0.3) is 0 Å². The number of amides is 1. The van der Waals surface area contributed by atoms with Gasteiger partial charge in [-0.2, -0.15) is 0 Å². The maximum atomic E-state index is 12.3. The predicted octanol–water partition coefficient (Wildman–Crippen LogP) is 3.72. The molecule has 0 aliphatic heterocycles. The molecule has 4 rings (SSSR count). The van der Waals surface area contributed by atoms with Crippen molar-refractivity contribution < 1.29 is 9.59 Å². The highest BCUT2D eigenvalue weighted by molar-refractivity contribution is 5.98. The number of rotatable bonds is 5. The first kappa shape index (κ1) is 16.6. The quantitative estimate of drug-likeness (QED) is 0.692. The zero-order valence-electron chi connectivity index (χ0n) is 14.8. The molecule has 1 atom stereocenters. The molecule has 4 heteroatoms. The van der Waals surface area contributed by atoms with Crippen molar-refractivity contribution in [3.05, 3.63) is 70.9 Å². The van der Waals surface area contributed by atoms with Crippen molar-refractivity contribution in [2.75, 3.05) is 0 Å². The van der Waals surface area contributed by atoms with E-state index in [4.69, 9.17) is 0 Å². The van der Waals surface area contributed by atoms with E-state index in [2.05, 4.69) is 22.4 Å². The van der Waals surface area contributed by atoms with E-state index in [0.717, 1.165) is 23.9 Å². The largest absolute Gasteiger partial charge is 0.358 e. The fourth-order valence-corrected chi connectivity index (χ4v) is 3.74. The Morgan fingerprint density at radius 2 is 1.81 bits per heavy atom. The molecular weight excluding hydrogens is 324 g/mol. The Bertz CT molecular complexity index is 969. The third-order valence-corrected chi connectivity index (χ3v) is 5.12. The molecule has 1 heterocycles. The zero-order chi connectivity index (χ0) is 18.1. The van der Waals surface area contributed by atoms with E-state index >= 15 is 0 Å². The third kappa shape index (κ3) is 3.27. The van der Waals surface area contributed by atoms with Gasteiger partial charge in [-0.1, -0.05) is 48.0 Å². The highest BCUT2D eigenvalue weighted by atomic mass is 16.2. The van der Waals surface area contributed by atoms with Gasteiger partial charge < -0.3 is 10.3 Å². The van der Waals surface area contributed by atoms with Crippen LogP contribution in [0.4, 0.5) is 0 Å². The third-order valence-electron chi connectivity index (χ3n) is 5.12. The molecule has 4 nitrogen and oxygen atoms in total. The summed E-state index contributed by atoms with van der Waals surface area (Å²) in [5, 5.41) is 4.33. The summed E-state index contributed by atoms with van der Waals surface area (Å²) in [7, 11) is 0. The average Bonchev–Trinajstić information content (AvgIpc) is 3.17. The number of aromatic nitrogens is 1. The summed E-state index contributed by atoms with van der Waals surface area (Å²) in [5.74, 6) is -0.0345. The van der Waals surface area contributed by atoms with E-state index in [1.807, 2.05) is 43.3 Å². The van der Waals surface area contributed by atoms with Crippen molar-refractivity contribution >= 4 is 22.6 Å². The second-order valence-corrected chi connectivity index (χ2v) is 7.09. The molecule has 1 aliphatic rings. The zero-order valence-corrected chi connectivity index (χ0v) is 14.8. The number of carbonyl (C=O) groups is 2. The molecule has 1 amide bonds. The summed E-state index contributed by atoms with van der Waals surface area (Å²) < 4.78 is 0. The molecule has 1 unspecified atom stereocenters. The first-order valence-electron chi connectivity index (χ1n) is 9.08. The van der Waals surface area contributed by atoms with Crippen molar-refractivity contribution in [2.45, 2.75) is 38.6 Å². The van der Waals surface area contributed by atoms with Gasteiger partial charge in [0.2, 0.25) is 5.91 Å². The topological polar surface area (TPSA) is 62.0 Å². The summed E-state index contributed by atoms with van der Waals surface area (Å²) in [6.07, 6.45) is 2.15. The van der Waals surface area contributed by atoms with E-state index in [9.17, 15) is 9.59 Å². The molecule has 3 aromatic rings. The molecule has 1 aliphatic carbocycles. The van der Waals surface area contributed by atoms with Crippen LogP contribution in [-0.2, 0) is 17.6 Å². The van der Waals surface area contributed by atoms with E-state index in [-0.39, 0.29) is 30.6 Å². The fourth-order valence-electron chi connectivity index (χ4n) is 3.74. The number of Topliss-reactive ketones (excluding diaryl/α,β-unsaturated/α-hetero) is 1. The van der Waals surface area contributed by atoms with Gasteiger partial charge in [0.05, 0.1) is 0 Å². The van der Waals surface area contributed by atoms with Crippen molar-refractivity contribution in [3.8, 4) is 0 Å². The lowest BCUT2D eigenvalue weighted by Crippen LogP contribution is -2.35. The molecule has 2 N–H and O–H groups in total. The number of fused-ring (bicyclic) bond motifs is 3. The van der Waals surface area contributed by atoms with Crippen LogP contribution >= 0.6 is 0 Å². The van der Waals surface area contributed by atoms with Crippen LogP contribution in [0.15, 0.2) is 48.5 Å². The number of hydrogen-bond acceptors (Lipinski definition) is 2. The van der Waals surface area contributed by atoms with E-state index in [0.29, 0.717) is 5.56 Å². The molecule has 2 aromatic carbocycles. The summed E-state index contributed by atoms with van der Waals surface area (Å²) in [6, 6.07) is 15.9. The Kier molecular flexibility index (Phi) is 4.33. The molecule has 0 saturated carbocycles. The Morgan fingerprint density at radius 3 is 2.62 bits per heavy atom. The monoisotopic (exact) mass is 346 g/mol. The minimum atomic E-state index is -0.0510. The normalized spacial score (nSPS) is 15.8. The summed E-state index contributed by atoms with van der Waals surface area (Å²) in [4.78, 5) is 27.9. The molecule has 0 saturated heterocycles. The summed E-state index contributed by atoms with van der Waals surface area (Å²) >= 11 is 0. The minimum Gasteiger partial charge on any atom is -0.358 e. The molecule has 0 fully saturated rings. The molecule has 0 radical (unpaired) electrons. The maximum absolute atomic E-state index is 12.3. The van der Waals surface area contributed by atoms with Crippen LogP contribution < -0.4 is 5.32 Å². The average molecular weight is 346 g/mol. The number of ketones is 1. The van der Waals surface area contributed by atoms with E-state index in [1.165, 1.54) is 16.6 Å². The van der Waals surface area contributed by atoms with Gasteiger partial charge in [-0.05, 0) is 25.0 Å². The lowest BCUT2D eigenvalue weighted by atomic mass is 10.0. The highest BCUT2D eigenvalue weighted by Crippen LogP contribution is 2.29. The lowest BCUT2D eigenvalue weighted by Gasteiger charge is -2.12. The molecule has 26 heavy (non-hydrogen) atoms. The van der Waals surface area contributed by atoms with Crippen LogP contribution in [0.25, 0.3) is 10.9 Å². The molecule has 0 bridgehead atoms. The lowest BCUT2D eigenvalue weighted by molar-refractivity contribution is -0.121. The highest BCUT2D eigenvalue weighted by Gasteiger charge is 2.26. The van der Waals surface area contributed by atoms with Crippen LogP contribution in [0.5, 0.6) is 0 Å². The van der Waals surface area contributed by atoms with Crippen LogP contribution in [0, 0.1) is 6.92 Å². The number of benzene rings is 2. The van der Waals surface area contributed by atoms with E-state index < -0.39 is 0 Å². The van der Waals surface area contributed by atoms with Crippen LogP contribution in [0.2, 0.25) is 0 Å². The van der Waals surface area contributed by atoms with Crippen LogP contribution in [-0.4, -0.2) is 22.7 Å². The molecule has 1 aromatic heterocycles. The maximum Gasteiger partial charge on any atom is 0.220 e. The van der Waals surface area contributed by atoms with Crippen molar-refractivity contribution in [1.29, 1.82) is 0 Å². The van der Waals surface area contributed by atoms with Gasteiger partial charge >= 0.3 is 0 Å². The second kappa shape index (κ2) is 6.79. The van der Waals surface area contributed by atoms with Gasteiger partial charge in [-0.3, -0.25) is 9.59 Å². The summed E-state index contributed by atoms with van der Waals surface area (Å²) in [6.45, 7) is 1.99. The number of H-pyrrole nitrogens is 1. The number of aromatic amines is 1. The van der Waals surface area contributed by atoms with Crippen molar-refractivity contribution in [1.82, 2.24) is 10.3 Å². The molecule has 132 valence electrons. The van der Waals surface area contributed by atoms with Crippen molar-refractivity contribution in [3.63, 3.8) is 0 Å².